The predicted molar refractivity (Wildman–Crippen MR) is 177 cm³/mol. The van der Waals surface area contributed by atoms with Crippen molar-refractivity contribution in [2.24, 2.45) is 5.92 Å². The summed E-state index contributed by atoms with van der Waals surface area (Å²) in [7, 11) is -2.94. The Morgan fingerprint density at radius 3 is 2.07 bits per heavy atom. The highest BCUT2D eigenvalue weighted by Crippen LogP contribution is 2.41. The van der Waals surface area contributed by atoms with Gasteiger partial charge < -0.3 is 14.3 Å². The fourth-order valence-corrected chi connectivity index (χ4v) is 11.4. The van der Waals surface area contributed by atoms with Crippen LogP contribution in [0.3, 0.4) is 0 Å². The van der Waals surface area contributed by atoms with Gasteiger partial charge in [0.05, 0.1) is 16.2 Å². The van der Waals surface area contributed by atoms with Crippen LogP contribution in [-0.2, 0) is 25.4 Å². The molecule has 12 heteroatoms. The number of amides is 1. The number of aliphatic hydroxyl groups is 1. The van der Waals surface area contributed by atoms with E-state index in [4.69, 9.17) is 21.4 Å². The van der Waals surface area contributed by atoms with Gasteiger partial charge in [0.15, 0.2) is 0 Å². The molecule has 1 saturated heterocycles. The van der Waals surface area contributed by atoms with Crippen LogP contribution in [0.1, 0.15) is 39.7 Å². The number of β-lactam (4-membered cyclic amide) rings is 1. The van der Waals surface area contributed by atoms with E-state index in [1.54, 1.807) is 0 Å². The summed E-state index contributed by atoms with van der Waals surface area (Å²) in [5.74, 6) is -2.08. The van der Waals surface area contributed by atoms with Gasteiger partial charge in [0.25, 0.3) is 14.0 Å². The van der Waals surface area contributed by atoms with Gasteiger partial charge in [0.1, 0.15) is 6.61 Å². The zero-order valence-corrected chi connectivity index (χ0v) is 27.7. The summed E-state index contributed by atoms with van der Waals surface area (Å²) in [6, 6.07) is 25.7. The second-order valence-electron chi connectivity index (χ2n) is 11.5. The molecule has 0 bridgehead atoms. The van der Waals surface area contributed by atoms with Gasteiger partial charge in [-0.3, -0.25) is 19.8 Å². The minimum atomic E-state index is -2.94. The van der Waals surface area contributed by atoms with Crippen LogP contribution >= 0.6 is 24.0 Å². The molecule has 3 atom stereocenters. The van der Waals surface area contributed by atoms with Gasteiger partial charge in [0, 0.05) is 22.9 Å². The van der Waals surface area contributed by atoms with Crippen molar-refractivity contribution in [3.63, 3.8) is 0 Å². The number of hydrogen-bond acceptors (Lipinski definition) is 9. The van der Waals surface area contributed by atoms with E-state index in [0.717, 1.165) is 15.3 Å². The third kappa shape index (κ3) is 6.94. The van der Waals surface area contributed by atoms with Gasteiger partial charge in [-0.05, 0) is 39.5 Å². The molecule has 3 unspecified atom stereocenters. The average molecular weight is 653 g/mol. The first-order chi connectivity index (χ1) is 20.9. The summed E-state index contributed by atoms with van der Waals surface area (Å²) >= 11 is 6.75. The Bertz CT molecular complexity index is 1440. The predicted octanol–water partition coefficient (Wildman–Crippen LogP) is 4.79. The molecule has 1 aliphatic heterocycles. The minimum absolute atomic E-state index is 0.0805. The van der Waals surface area contributed by atoms with Gasteiger partial charge in [0.2, 0.25) is 12.1 Å². The summed E-state index contributed by atoms with van der Waals surface area (Å²) in [5.41, 5.74) is 0.408. The molecule has 0 aliphatic carbocycles. The lowest BCUT2D eigenvalue weighted by Gasteiger charge is -2.50. The van der Waals surface area contributed by atoms with Crippen molar-refractivity contribution >= 4 is 64.4 Å². The highest BCUT2D eigenvalue weighted by molar-refractivity contribution is 8.23. The molecule has 1 heterocycles. The molecule has 232 valence electrons. The zero-order valence-electron chi connectivity index (χ0n) is 25.0. The maximum atomic E-state index is 13.6. The van der Waals surface area contributed by atoms with Gasteiger partial charge >= 0.3 is 5.97 Å². The smallest absolute Gasteiger partial charge is 0.356 e. The van der Waals surface area contributed by atoms with E-state index in [1.165, 1.54) is 36.0 Å². The summed E-state index contributed by atoms with van der Waals surface area (Å²) in [6.45, 7) is 8.22. The van der Waals surface area contributed by atoms with E-state index < -0.39 is 42.6 Å². The Morgan fingerprint density at radius 2 is 1.59 bits per heavy atom. The van der Waals surface area contributed by atoms with Gasteiger partial charge in [-0.1, -0.05) is 112 Å². The largest absolute Gasteiger partial charge is 0.457 e. The second kappa shape index (κ2) is 14.1. The van der Waals surface area contributed by atoms with Crippen molar-refractivity contribution in [1.82, 2.24) is 4.90 Å². The molecule has 3 aromatic carbocycles. The average Bonchev–Trinajstić information content (AvgIpc) is 3.01. The van der Waals surface area contributed by atoms with Gasteiger partial charge in [-0.2, -0.15) is 0 Å². The fraction of sp³-hybridized carbons (Fsp3) is 0.344. The molecule has 1 fully saturated rings. The lowest BCUT2D eigenvalue weighted by molar-refractivity contribution is -0.384. The maximum absolute atomic E-state index is 13.6. The van der Waals surface area contributed by atoms with E-state index in [1.807, 2.05) is 43.3 Å². The van der Waals surface area contributed by atoms with Crippen molar-refractivity contribution in [3.05, 3.63) is 101 Å². The van der Waals surface area contributed by atoms with Crippen LogP contribution < -0.4 is 10.4 Å². The Kier molecular flexibility index (Phi) is 10.7. The van der Waals surface area contributed by atoms with Crippen LogP contribution in [0.5, 0.6) is 0 Å². The molecule has 0 radical (unpaired) electrons. The molecule has 44 heavy (non-hydrogen) atoms. The first-order valence-electron chi connectivity index (χ1n) is 14.3. The quantitative estimate of drug-likeness (QED) is 0.0736. The maximum Gasteiger partial charge on any atom is 0.356 e. The fourth-order valence-electron chi connectivity index (χ4n) is 5.35. The van der Waals surface area contributed by atoms with Crippen LogP contribution in [0.4, 0.5) is 5.69 Å². The molecule has 1 N–H and O–H groups in total. The molecule has 3 aromatic rings. The Hall–Kier alpha value is -3.42. The highest BCUT2D eigenvalue weighted by atomic mass is 32.2. The van der Waals surface area contributed by atoms with E-state index in [0.29, 0.717) is 16.2 Å². The number of non-ortho nitro benzene ring substituents is 1. The monoisotopic (exact) mass is 652 g/mol. The summed E-state index contributed by atoms with van der Waals surface area (Å²) in [6.07, 6.45) is -1.27. The van der Waals surface area contributed by atoms with Crippen molar-refractivity contribution in [2.75, 3.05) is 6.61 Å². The lowest BCUT2D eigenvalue weighted by Crippen LogP contribution is -2.70. The topological polar surface area (TPSA) is 119 Å². The number of carbonyl (C=O) groups is 2. The van der Waals surface area contributed by atoms with Gasteiger partial charge in [-0.15, -0.1) is 0 Å². The van der Waals surface area contributed by atoms with Crippen LogP contribution in [0, 0.1) is 16.0 Å². The molecule has 9 nitrogen and oxygen atoms in total. The van der Waals surface area contributed by atoms with E-state index in [2.05, 4.69) is 45.0 Å². The SMILES string of the molecule is CCC(=S)SC1C(CO[Si](c2ccccc2)(c2ccccc2)C(C)(C)C)C(=O)N1C(O)C(=O)OCc1ccc([N+](=O)[O-])cc1. The number of likely N-dealkylation sites (tertiary alicyclic amines) is 1. The van der Waals surface area contributed by atoms with Crippen molar-refractivity contribution < 1.29 is 28.8 Å². The molecule has 1 aliphatic rings. The summed E-state index contributed by atoms with van der Waals surface area (Å²) < 4.78 is 12.9. The molecule has 4 rings (SSSR count). The third-order valence-corrected chi connectivity index (χ3v) is 14.6. The molecule has 1 amide bonds. The lowest BCUT2D eigenvalue weighted by atomic mass is 9.99. The number of carbonyl (C=O) groups excluding carboxylic acids is 2. The van der Waals surface area contributed by atoms with Crippen molar-refractivity contribution in [2.45, 2.75) is 57.4 Å². The standard InChI is InChI=1S/C32H36N2O7S2Si/c1-5-27(42)43-30-26(28(35)33(30)29(36)31(37)40-20-22-16-18-23(19-17-22)34(38)39)21-41-44(32(2,3)4,24-12-8-6-9-13-24)25-14-10-7-11-15-25/h6-19,26,29-30,36H,5,20-21H2,1-4H3. The number of nitro groups is 1. The third-order valence-electron chi connectivity index (χ3n) is 7.63. The van der Waals surface area contributed by atoms with Crippen LogP contribution in [0.2, 0.25) is 5.04 Å². The number of benzene rings is 3. The summed E-state index contributed by atoms with van der Waals surface area (Å²) in [4.78, 5) is 37.9. The number of nitrogens with zero attached hydrogens (tertiary/aromatic N) is 2. The van der Waals surface area contributed by atoms with Crippen molar-refractivity contribution in [3.8, 4) is 0 Å². The molecular formula is C32H36N2O7S2Si. The number of ether oxygens (including phenoxy) is 1. The number of aliphatic hydroxyl groups excluding tert-OH is 1. The Balaban J connectivity index is 1.55. The van der Waals surface area contributed by atoms with Gasteiger partial charge in [-0.25, -0.2) is 4.79 Å². The zero-order chi connectivity index (χ0) is 32.1. The van der Waals surface area contributed by atoms with E-state index in [9.17, 15) is 24.8 Å². The number of esters is 1. The number of thiocarbonyl (C=S) groups is 1. The number of nitro benzene ring substituents is 1. The molecule has 0 saturated carbocycles. The van der Waals surface area contributed by atoms with Crippen LogP contribution in [0.15, 0.2) is 84.9 Å². The highest BCUT2D eigenvalue weighted by Gasteiger charge is 2.56. The first kappa shape index (κ1) is 33.5. The van der Waals surface area contributed by atoms with Crippen LogP contribution in [-0.4, -0.2) is 57.5 Å². The van der Waals surface area contributed by atoms with E-state index >= 15 is 0 Å². The molecule has 0 spiro atoms. The van der Waals surface area contributed by atoms with E-state index in [-0.39, 0.29) is 23.9 Å². The Morgan fingerprint density at radius 1 is 1.05 bits per heavy atom. The normalized spacial score (nSPS) is 17.5. The Labute approximate surface area is 267 Å². The number of thioether (sulfide) groups is 1. The molecular weight excluding hydrogens is 617 g/mol. The van der Waals surface area contributed by atoms with Crippen LogP contribution in [0.25, 0.3) is 0 Å². The van der Waals surface area contributed by atoms with Crippen molar-refractivity contribution in [1.29, 1.82) is 0 Å². The second-order valence-corrected chi connectivity index (χ2v) is 17.7. The molecule has 0 aromatic heterocycles. The first-order valence-corrected chi connectivity index (χ1v) is 17.4. The minimum Gasteiger partial charge on any atom is -0.457 e. The summed E-state index contributed by atoms with van der Waals surface area (Å²) in [5, 5.41) is 23.1. The number of rotatable bonds is 12. The number of hydrogen-bond donors (Lipinski definition) is 1.